The number of benzene rings is 4. The Labute approximate surface area is 179 Å². The van der Waals surface area contributed by atoms with Crippen molar-refractivity contribution in [3.63, 3.8) is 0 Å². The Morgan fingerprint density at radius 2 is 1.55 bits per heavy atom. The molecule has 1 aliphatic rings. The van der Waals surface area contributed by atoms with Crippen LogP contribution < -0.4 is 9.30 Å². The topological polar surface area (TPSA) is 26.2 Å². The first-order valence-corrected chi connectivity index (χ1v) is 10.6. The zero-order valence-corrected chi connectivity index (χ0v) is 17.6. The van der Waals surface area contributed by atoms with Crippen LogP contribution in [-0.4, -0.2) is 0 Å². The predicted octanol–water partition coefficient (Wildman–Crippen LogP) is 7.11. The average molecular weight is 402 g/mol. The van der Waals surface area contributed by atoms with E-state index in [1.807, 2.05) is 12.1 Å². The normalized spacial score (nSPS) is 12.6. The van der Waals surface area contributed by atoms with E-state index in [1.165, 1.54) is 38.4 Å². The number of nitrogens with zero attached hydrogens (tertiary/aromatic N) is 1. The fourth-order valence-corrected chi connectivity index (χ4v) is 5.36. The summed E-state index contributed by atoms with van der Waals surface area (Å²) in [5.41, 5.74) is 6.48. The molecule has 0 atom stereocenters. The second-order valence-corrected chi connectivity index (χ2v) is 8.52. The maximum atomic E-state index is 6.66. The van der Waals surface area contributed by atoms with Crippen molar-refractivity contribution in [3.8, 4) is 22.8 Å². The third kappa shape index (κ3) is 2.01. The summed E-state index contributed by atoms with van der Waals surface area (Å²) in [4.78, 5) is 0. The Morgan fingerprint density at radius 3 is 2.42 bits per heavy atom. The minimum atomic E-state index is 0.898. The van der Waals surface area contributed by atoms with Crippen LogP contribution in [0, 0.1) is 13.8 Å². The molecule has 31 heavy (non-hydrogen) atoms. The molecule has 2 aromatic heterocycles. The van der Waals surface area contributed by atoms with Gasteiger partial charge in [-0.15, -0.1) is 0 Å². The third-order valence-electron chi connectivity index (χ3n) is 6.82. The van der Waals surface area contributed by atoms with Crippen LogP contribution in [0.1, 0.15) is 11.1 Å². The first-order valence-electron chi connectivity index (χ1n) is 10.6. The van der Waals surface area contributed by atoms with E-state index in [9.17, 15) is 0 Å². The van der Waals surface area contributed by atoms with Gasteiger partial charge in [0, 0.05) is 27.8 Å². The Bertz CT molecular complexity index is 1740. The van der Waals surface area contributed by atoms with Crippen LogP contribution in [0.15, 0.2) is 71.3 Å². The summed E-state index contributed by atoms with van der Waals surface area (Å²) in [6, 6.07) is 21.2. The number of para-hydroxylation sites is 1. The highest BCUT2D eigenvalue weighted by Gasteiger charge is 2.33. The van der Waals surface area contributed by atoms with Gasteiger partial charge < -0.3 is 9.15 Å². The Morgan fingerprint density at radius 1 is 0.774 bits per heavy atom. The van der Waals surface area contributed by atoms with Crippen LogP contribution in [0.5, 0.6) is 11.5 Å². The van der Waals surface area contributed by atoms with E-state index >= 15 is 0 Å². The first-order chi connectivity index (χ1) is 15.1. The Balaban J connectivity index is 1.75. The van der Waals surface area contributed by atoms with Gasteiger partial charge in [-0.05, 0) is 42.3 Å². The minimum Gasteiger partial charge on any atom is -0.456 e. The van der Waals surface area contributed by atoms with Gasteiger partial charge >= 0.3 is 0 Å². The molecule has 0 unspecified atom stereocenters. The van der Waals surface area contributed by atoms with Crippen molar-refractivity contribution >= 4 is 43.5 Å². The maximum Gasteiger partial charge on any atom is 0.228 e. The van der Waals surface area contributed by atoms with Gasteiger partial charge in [0.1, 0.15) is 29.7 Å². The summed E-state index contributed by atoms with van der Waals surface area (Å²) >= 11 is 0. The smallest absolute Gasteiger partial charge is 0.228 e. The van der Waals surface area contributed by atoms with Gasteiger partial charge in [0.05, 0.1) is 10.9 Å². The molecule has 0 radical (unpaired) electrons. The molecule has 3 nitrogen and oxygen atoms in total. The van der Waals surface area contributed by atoms with Gasteiger partial charge in [-0.2, -0.15) is 0 Å². The largest absolute Gasteiger partial charge is 0.456 e. The van der Waals surface area contributed by atoms with E-state index < -0.39 is 0 Å². The lowest BCUT2D eigenvalue weighted by atomic mass is 9.90. The number of pyridine rings is 1. The molecular formula is C28H20NO2+. The Kier molecular flexibility index (Phi) is 3.07. The molecule has 6 aromatic rings. The molecule has 0 N–H and O–H groups in total. The molecule has 0 aliphatic carbocycles. The summed E-state index contributed by atoms with van der Waals surface area (Å²) in [7, 11) is 2.12. The predicted molar refractivity (Wildman–Crippen MR) is 125 cm³/mol. The number of furan rings is 1. The maximum absolute atomic E-state index is 6.66. The van der Waals surface area contributed by atoms with Gasteiger partial charge in [-0.3, -0.25) is 0 Å². The lowest BCUT2D eigenvalue weighted by Crippen LogP contribution is -2.32. The number of rotatable bonds is 0. The SMILES string of the molecule is Cc1c2c(cc3ccccc13)Oc1c(C)c3oc4ccccc4c3c3cc[n+](C)c-2c13. The molecule has 0 amide bonds. The molecule has 0 saturated carbocycles. The number of hydrogen-bond donors (Lipinski definition) is 0. The summed E-state index contributed by atoms with van der Waals surface area (Å²) < 4.78 is 15.2. The average Bonchev–Trinajstić information content (AvgIpc) is 3.18. The molecule has 0 spiro atoms. The monoisotopic (exact) mass is 402 g/mol. The summed E-state index contributed by atoms with van der Waals surface area (Å²) in [5.74, 6) is 1.81. The third-order valence-corrected chi connectivity index (χ3v) is 6.82. The van der Waals surface area contributed by atoms with Crippen molar-refractivity contribution in [1.29, 1.82) is 0 Å². The van der Waals surface area contributed by atoms with Crippen molar-refractivity contribution in [2.45, 2.75) is 13.8 Å². The Hall–Kier alpha value is -3.85. The van der Waals surface area contributed by atoms with Gasteiger partial charge in [0.2, 0.25) is 5.69 Å². The van der Waals surface area contributed by atoms with E-state index in [-0.39, 0.29) is 0 Å². The lowest BCUT2D eigenvalue weighted by Gasteiger charge is -2.23. The molecule has 7 rings (SSSR count). The molecule has 0 saturated heterocycles. The zero-order valence-electron chi connectivity index (χ0n) is 17.6. The zero-order chi connectivity index (χ0) is 20.9. The van der Waals surface area contributed by atoms with Crippen LogP contribution in [-0.2, 0) is 7.05 Å². The van der Waals surface area contributed by atoms with Crippen molar-refractivity contribution in [1.82, 2.24) is 0 Å². The van der Waals surface area contributed by atoms with Crippen molar-refractivity contribution in [2.75, 3.05) is 0 Å². The molecule has 3 heterocycles. The van der Waals surface area contributed by atoms with E-state index in [0.29, 0.717) is 0 Å². The van der Waals surface area contributed by atoms with E-state index in [1.54, 1.807) is 0 Å². The van der Waals surface area contributed by atoms with Crippen LogP contribution >= 0.6 is 0 Å². The highest BCUT2D eigenvalue weighted by Crippen LogP contribution is 2.52. The second kappa shape index (κ2) is 5.64. The standard InChI is InChI=1S/C28H20NO2/c1-15-18-9-5-4-8-17(18)14-22-23(15)26-25-20(12-13-29(26)3)24-19-10-6-7-11-21(19)30-27(24)16(2)28(25)31-22/h4-14H,1-3H3/q+1. The number of aromatic nitrogens is 1. The van der Waals surface area contributed by atoms with Crippen LogP contribution in [0.3, 0.4) is 0 Å². The molecule has 4 aromatic carbocycles. The minimum absolute atomic E-state index is 0.898. The number of aryl methyl sites for hydroxylation is 3. The van der Waals surface area contributed by atoms with E-state index in [0.717, 1.165) is 39.0 Å². The first kappa shape index (κ1) is 16.9. The fraction of sp³-hybridized carbons (Fsp3) is 0.107. The number of fused-ring (bicyclic) bond motifs is 7. The fourth-order valence-electron chi connectivity index (χ4n) is 5.36. The van der Waals surface area contributed by atoms with Crippen molar-refractivity contribution < 1.29 is 13.7 Å². The quantitative estimate of drug-likeness (QED) is 0.253. The van der Waals surface area contributed by atoms with Crippen molar-refractivity contribution in [2.24, 2.45) is 7.05 Å². The molecule has 3 heteroatoms. The number of hydrogen-bond acceptors (Lipinski definition) is 2. The lowest BCUT2D eigenvalue weighted by molar-refractivity contribution is -0.659. The van der Waals surface area contributed by atoms with E-state index in [2.05, 4.69) is 80.2 Å². The van der Waals surface area contributed by atoms with Gasteiger partial charge in [-0.25, -0.2) is 4.57 Å². The molecule has 0 fully saturated rings. The molecule has 148 valence electrons. The summed E-state index contributed by atoms with van der Waals surface area (Å²) in [6.07, 6.45) is 2.15. The number of ether oxygens (including phenoxy) is 1. The molecule has 0 bridgehead atoms. The highest BCUT2D eigenvalue weighted by molar-refractivity contribution is 6.24. The second-order valence-electron chi connectivity index (χ2n) is 8.52. The molecular weight excluding hydrogens is 382 g/mol. The summed E-state index contributed by atoms with van der Waals surface area (Å²) in [5, 5.41) is 7.10. The van der Waals surface area contributed by atoms with Gasteiger partial charge in [0.25, 0.3) is 0 Å². The summed E-state index contributed by atoms with van der Waals surface area (Å²) in [6.45, 7) is 4.31. The van der Waals surface area contributed by atoms with Crippen LogP contribution in [0.4, 0.5) is 0 Å². The highest BCUT2D eigenvalue weighted by atomic mass is 16.5. The molecule has 1 aliphatic heterocycles. The van der Waals surface area contributed by atoms with Gasteiger partial charge in [0.15, 0.2) is 6.20 Å². The van der Waals surface area contributed by atoms with Crippen molar-refractivity contribution in [3.05, 3.63) is 78.0 Å². The van der Waals surface area contributed by atoms with Gasteiger partial charge in [-0.1, -0.05) is 42.5 Å². The van der Waals surface area contributed by atoms with Crippen LogP contribution in [0.2, 0.25) is 0 Å². The van der Waals surface area contributed by atoms with E-state index in [4.69, 9.17) is 9.15 Å². The van der Waals surface area contributed by atoms with Crippen LogP contribution in [0.25, 0.3) is 54.7 Å².